The average Bonchev–Trinajstić information content (AvgIpc) is 3.37. The number of benzene rings is 2. The minimum absolute atomic E-state index is 0.0550. The van der Waals surface area contributed by atoms with Crippen LogP contribution < -0.4 is 21.1 Å². The average molecular weight is 694 g/mol. The van der Waals surface area contributed by atoms with Gasteiger partial charge in [-0.2, -0.15) is 0 Å². The van der Waals surface area contributed by atoms with E-state index in [0.717, 1.165) is 49.8 Å². The summed E-state index contributed by atoms with van der Waals surface area (Å²) < 4.78 is 9.05. The SMILES string of the molecule is CC(C)c1cc(-c2cccc3cc(-c4ccc(C(=O)NCC#Cc5cccc(OC6CCC(=O)NC6=O)n5)nc4)ncc23)cc2c1n(C)c(=O)n2C. The molecule has 0 bridgehead atoms. The number of aromatic nitrogens is 5. The van der Waals surface area contributed by atoms with Crippen LogP contribution in [0.25, 0.3) is 44.2 Å². The number of nitrogens with zero attached hydrogens (tertiary/aromatic N) is 5. The van der Waals surface area contributed by atoms with Crippen LogP contribution in [0.3, 0.4) is 0 Å². The number of rotatable bonds is 7. The van der Waals surface area contributed by atoms with Crippen LogP contribution in [-0.2, 0) is 23.7 Å². The topological polar surface area (TPSA) is 150 Å². The smallest absolute Gasteiger partial charge is 0.328 e. The third-order valence-corrected chi connectivity index (χ3v) is 9.11. The van der Waals surface area contributed by atoms with Crippen molar-refractivity contribution in [2.45, 2.75) is 38.7 Å². The van der Waals surface area contributed by atoms with E-state index < -0.39 is 12.0 Å². The minimum atomic E-state index is -0.796. The summed E-state index contributed by atoms with van der Waals surface area (Å²) in [7, 11) is 3.62. The first-order valence-electron chi connectivity index (χ1n) is 16.9. The molecule has 1 atom stereocenters. The fraction of sp³-hybridized carbons (Fsp3) is 0.225. The number of amides is 3. The highest BCUT2D eigenvalue weighted by Crippen LogP contribution is 2.35. The normalized spacial score (nSPS) is 14.3. The standard InChI is InChI=1S/C40H35N7O5/c1-23(2)29-18-26(20-33-37(29)47(4)40(51)46(33)3)28-11-5-8-24-19-32(43-22-30(24)28)25-13-14-31(42-21-25)38(49)41-17-7-10-27-9-6-12-36(44-27)52-34-15-16-35(48)45-39(34)50/h5-6,8-9,11-14,18-23,34H,15-17H2,1-4H3,(H,41,49)(H,45,48,50). The summed E-state index contributed by atoms with van der Waals surface area (Å²) in [5.41, 5.74) is 7.04. The van der Waals surface area contributed by atoms with Crippen LogP contribution in [0.5, 0.6) is 5.88 Å². The van der Waals surface area contributed by atoms with Gasteiger partial charge in [0.1, 0.15) is 11.4 Å². The summed E-state index contributed by atoms with van der Waals surface area (Å²) in [6, 6.07) is 20.8. The Labute approximate surface area is 298 Å². The zero-order valence-electron chi connectivity index (χ0n) is 29.1. The van der Waals surface area contributed by atoms with E-state index in [0.29, 0.717) is 5.69 Å². The van der Waals surface area contributed by atoms with Crippen molar-refractivity contribution in [3.63, 3.8) is 0 Å². The van der Waals surface area contributed by atoms with Crippen LogP contribution in [0, 0.1) is 11.8 Å². The summed E-state index contributed by atoms with van der Waals surface area (Å²) in [5, 5.41) is 6.97. The van der Waals surface area contributed by atoms with E-state index in [2.05, 4.69) is 64.5 Å². The maximum absolute atomic E-state index is 12.8. The second-order valence-corrected chi connectivity index (χ2v) is 12.9. The van der Waals surface area contributed by atoms with Gasteiger partial charge in [0, 0.05) is 56.3 Å². The molecule has 0 radical (unpaired) electrons. The number of fused-ring (bicyclic) bond motifs is 2. The number of imidazole rings is 1. The van der Waals surface area contributed by atoms with Crippen molar-refractivity contribution in [1.29, 1.82) is 0 Å². The molecule has 0 saturated carbocycles. The van der Waals surface area contributed by atoms with Crippen molar-refractivity contribution < 1.29 is 19.1 Å². The highest BCUT2D eigenvalue weighted by atomic mass is 16.5. The second kappa shape index (κ2) is 14.0. The number of carbonyl (C=O) groups is 3. The summed E-state index contributed by atoms with van der Waals surface area (Å²) in [5.74, 6) is 4.98. The number of hydrogen-bond donors (Lipinski definition) is 2. The minimum Gasteiger partial charge on any atom is -0.464 e. The van der Waals surface area contributed by atoms with Crippen molar-refractivity contribution >= 4 is 39.5 Å². The van der Waals surface area contributed by atoms with E-state index in [9.17, 15) is 19.2 Å². The molecule has 1 aliphatic rings. The van der Waals surface area contributed by atoms with Crippen LogP contribution in [0.4, 0.5) is 0 Å². The third-order valence-electron chi connectivity index (χ3n) is 9.11. The predicted molar refractivity (Wildman–Crippen MR) is 196 cm³/mol. The number of hydrogen-bond acceptors (Lipinski definition) is 8. The number of carbonyl (C=O) groups excluding carboxylic acids is 3. The van der Waals surface area contributed by atoms with Gasteiger partial charge in [0.05, 0.1) is 23.3 Å². The zero-order chi connectivity index (χ0) is 36.5. The molecular formula is C40H35N7O5. The van der Waals surface area contributed by atoms with Gasteiger partial charge in [0.15, 0.2) is 6.10 Å². The molecule has 1 fully saturated rings. The molecule has 2 aromatic carbocycles. The van der Waals surface area contributed by atoms with Gasteiger partial charge in [-0.05, 0) is 70.3 Å². The Balaban J connectivity index is 1.03. The van der Waals surface area contributed by atoms with Crippen LogP contribution in [-0.4, -0.2) is 54.5 Å². The lowest BCUT2D eigenvalue weighted by Crippen LogP contribution is -2.46. The van der Waals surface area contributed by atoms with Gasteiger partial charge in [-0.25, -0.2) is 9.78 Å². The fourth-order valence-electron chi connectivity index (χ4n) is 6.37. The van der Waals surface area contributed by atoms with E-state index in [4.69, 9.17) is 9.72 Å². The highest BCUT2D eigenvalue weighted by Gasteiger charge is 2.28. The molecule has 3 amide bonds. The summed E-state index contributed by atoms with van der Waals surface area (Å²) in [6.07, 6.45) is 3.16. The number of nitrogens with one attached hydrogen (secondary N) is 2. The Bertz CT molecular complexity index is 2520. The Morgan fingerprint density at radius 2 is 1.81 bits per heavy atom. The fourth-order valence-corrected chi connectivity index (χ4v) is 6.37. The summed E-state index contributed by atoms with van der Waals surface area (Å²) in [6.45, 7) is 4.33. The molecule has 5 heterocycles. The highest BCUT2D eigenvalue weighted by molar-refractivity contribution is 6.01. The molecule has 1 aliphatic heterocycles. The first-order chi connectivity index (χ1) is 25.1. The van der Waals surface area contributed by atoms with Gasteiger partial charge >= 0.3 is 5.69 Å². The van der Waals surface area contributed by atoms with Crippen molar-refractivity contribution in [2.75, 3.05) is 6.54 Å². The molecule has 12 heteroatoms. The lowest BCUT2D eigenvalue weighted by molar-refractivity contribution is -0.139. The Hall–Kier alpha value is -6.61. The maximum Gasteiger partial charge on any atom is 0.328 e. The zero-order valence-corrected chi connectivity index (χ0v) is 29.1. The van der Waals surface area contributed by atoms with Crippen LogP contribution in [0.15, 0.2) is 83.9 Å². The van der Waals surface area contributed by atoms with Crippen molar-refractivity contribution in [2.24, 2.45) is 14.1 Å². The number of aryl methyl sites for hydroxylation is 2. The van der Waals surface area contributed by atoms with Gasteiger partial charge in [-0.15, -0.1) is 0 Å². The van der Waals surface area contributed by atoms with Crippen molar-refractivity contribution in [3.05, 3.63) is 107 Å². The first-order valence-corrected chi connectivity index (χ1v) is 16.9. The van der Waals surface area contributed by atoms with Gasteiger partial charge in [-0.1, -0.05) is 44.0 Å². The van der Waals surface area contributed by atoms with E-state index in [1.54, 1.807) is 46.6 Å². The Morgan fingerprint density at radius 1 is 0.981 bits per heavy atom. The van der Waals surface area contributed by atoms with E-state index >= 15 is 0 Å². The molecular weight excluding hydrogens is 658 g/mol. The second-order valence-electron chi connectivity index (χ2n) is 12.9. The molecule has 7 rings (SSSR count). The summed E-state index contributed by atoms with van der Waals surface area (Å²) in [4.78, 5) is 62.4. The van der Waals surface area contributed by atoms with Gasteiger partial charge in [0.2, 0.25) is 11.8 Å². The van der Waals surface area contributed by atoms with Gasteiger partial charge < -0.3 is 10.1 Å². The molecule has 1 saturated heterocycles. The van der Waals surface area contributed by atoms with E-state index in [1.807, 2.05) is 37.5 Å². The largest absolute Gasteiger partial charge is 0.464 e. The molecule has 12 nitrogen and oxygen atoms in total. The Morgan fingerprint density at radius 3 is 2.58 bits per heavy atom. The van der Waals surface area contributed by atoms with Crippen molar-refractivity contribution in [1.82, 2.24) is 34.7 Å². The number of ether oxygens (including phenoxy) is 1. The molecule has 260 valence electrons. The third kappa shape index (κ3) is 6.64. The van der Waals surface area contributed by atoms with E-state index in [-0.39, 0.29) is 54.4 Å². The van der Waals surface area contributed by atoms with Crippen LogP contribution >= 0.6 is 0 Å². The molecule has 2 N–H and O–H groups in total. The maximum atomic E-state index is 12.8. The van der Waals surface area contributed by atoms with Gasteiger partial charge in [-0.3, -0.25) is 38.8 Å². The molecule has 52 heavy (non-hydrogen) atoms. The van der Waals surface area contributed by atoms with E-state index in [1.165, 1.54) is 0 Å². The predicted octanol–water partition coefficient (Wildman–Crippen LogP) is 4.64. The van der Waals surface area contributed by atoms with Gasteiger partial charge in [0.25, 0.3) is 11.8 Å². The number of pyridine rings is 3. The van der Waals surface area contributed by atoms with Crippen LogP contribution in [0.1, 0.15) is 54.4 Å². The lowest BCUT2D eigenvalue weighted by atomic mass is 9.93. The number of imide groups is 1. The molecule has 4 aromatic heterocycles. The monoisotopic (exact) mass is 693 g/mol. The Kier molecular flexibility index (Phi) is 9.09. The molecule has 0 spiro atoms. The molecule has 6 aromatic rings. The lowest BCUT2D eigenvalue weighted by Gasteiger charge is -2.21. The number of piperidine rings is 1. The van der Waals surface area contributed by atoms with Crippen LogP contribution in [0.2, 0.25) is 0 Å². The summed E-state index contributed by atoms with van der Waals surface area (Å²) >= 11 is 0. The molecule has 0 aliphatic carbocycles. The molecule has 1 unspecified atom stereocenters. The van der Waals surface area contributed by atoms with Crippen molar-refractivity contribution in [3.8, 4) is 40.1 Å². The quantitative estimate of drug-likeness (QED) is 0.182. The first kappa shape index (κ1) is 33.9.